The lowest BCUT2D eigenvalue weighted by atomic mass is 10.2. The van der Waals surface area contributed by atoms with Crippen molar-refractivity contribution in [1.82, 2.24) is 5.32 Å². The number of aliphatic imine (C=N–C) groups is 1. The largest absolute Gasteiger partial charge is 0.334 e. The Morgan fingerprint density at radius 1 is 1.80 bits per heavy atom. The van der Waals surface area contributed by atoms with Gasteiger partial charge in [-0.2, -0.15) is 0 Å². The molecule has 1 aliphatic rings. The molecular weight excluding hydrogens is 152 g/mol. The van der Waals surface area contributed by atoms with Gasteiger partial charge in [-0.1, -0.05) is 0 Å². The van der Waals surface area contributed by atoms with Gasteiger partial charge in [0.15, 0.2) is 0 Å². The van der Waals surface area contributed by atoms with Gasteiger partial charge in [0.05, 0.1) is 0 Å². The zero-order valence-corrected chi connectivity index (χ0v) is 6.18. The third kappa shape index (κ3) is 1.18. The highest BCUT2D eigenvalue weighted by Crippen LogP contribution is 2.05. The Balaban J connectivity index is 2.72. The third-order valence-corrected chi connectivity index (χ3v) is 1.41. The molecule has 4 nitrogen and oxygen atoms in total. The lowest BCUT2D eigenvalue weighted by Gasteiger charge is -2.23. The number of nitrogens with one attached hydrogen (secondary N) is 1. The van der Waals surface area contributed by atoms with E-state index in [1.54, 1.807) is 0 Å². The van der Waals surface area contributed by atoms with Gasteiger partial charge in [0, 0.05) is 6.92 Å². The maximum Gasteiger partial charge on any atom is 0.270 e. The number of hydrogen-bond donors (Lipinski definition) is 2. The van der Waals surface area contributed by atoms with Crippen molar-refractivity contribution >= 4 is 30.2 Å². The summed E-state index contributed by atoms with van der Waals surface area (Å²) in [6.45, 7) is 1.29. The second kappa shape index (κ2) is 2.42. The van der Waals surface area contributed by atoms with E-state index in [4.69, 9.17) is 0 Å². The first-order valence-electron chi connectivity index (χ1n) is 2.69. The average Bonchev–Trinajstić information content (AvgIpc) is 1.84. The molecule has 1 atom stereocenters. The summed E-state index contributed by atoms with van der Waals surface area (Å²) >= 11 is 3.90. The smallest absolute Gasteiger partial charge is 0.270 e. The average molecular weight is 158 g/mol. The van der Waals surface area contributed by atoms with Crippen molar-refractivity contribution in [3.8, 4) is 0 Å². The highest BCUT2D eigenvalue weighted by atomic mass is 32.1. The van der Waals surface area contributed by atoms with Crippen LogP contribution in [0.4, 0.5) is 0 Å². The number of hydrogen-bond acceptors (Lipinski definition) is 3. The summed E-state index contributed by atoms with van der Waals surface area (Å²) in [4.78, 5) is 24.3. The maximum atomic E-state index is 10.5. The summed E-state index contributed by atoms with van der Waals surface area (Å²) in [5.41, 5.74) is 0.204. The molecule has 0 aromatic heterocycles. The molecule has 0 bridgehead atoms. The zero-order chi connectivity index (χ0) is 7.72. The van der Waals surface area contributed by atoms with E-state index in [1.165, 1.54) is 6.92 Å². The van der Waals surface area contributed by atoms with E-state index in [2.05, 4.69) is 22.9 Å². The molecule has 1 unspecified atom stereocenters. The van der Waals surface area contributed by atoms with Crippen LogP contribution in [0.2, 0.25) is 0 Å². The van der Waals surface area contributed by atoms with Crippen molar-refractivity contribution in [3.63, 3.8) is 0 Å². The monoisotopic (exact) mass is 158 g/mol. The minimum absolute atomic E-state index is 0.204. The molecule has 0 aliphatic carbocycles. The van der Waals surface area contributed by atoms with Gasteiger partial charge in [0.25, 0.3) is 5.91 Å². The maximum absolute atomic E-state index is 10.5. The van der Waals surface area contributed by atoms with Crippen molar-refractivity contribution in [2.75, 3.05) is 0 Å². The lowest BCUT2D eigenvalue weighted by molar-refractivity contribution is -0.119. The SMILES string of the molecule is CC(=O)N=C1C(=O)NC1S. The molecule has 0 radical (unpaired) electrons. The van der Waals surface area contributed by atoms with Crippen LogP contribution < -0.4 is 5.32 Å². The summed E-state index contributed by atoms with van der Waals surface area (Å²) in [5.74, 6) is -0.681. The molecule has 0 spiro atoms. The van der Waals surface area contributed by atoms with Crippen LogP contribution in [-0.2, 0) is 9.59 Å². The van der Waals surface area contributed by atoms with Gasteiger partial charge < -0.3 is 5.32 Å². The standard InChI is InChI=1S/C5H6N2O2S/c1-2(8)6-3-4(9)7-5(3)10/h5,10H,1H3,(H,7,9). The summed E-state index contributed by atoms with van der Waals surface area (Å²) in [5, 5.41) is 2.04. The number of amides is 2. The Hall–Kier alpha value is -0.840. The van der Waals surface area contributed by atoms with E-state index in [9.17, 15) is 9.59 Å². The first-order valence-corrected chi connectivity index (χ1v) is 3.21. The number of nitrogens with zero attached hydrogens (tertiary/aromatic N) is 1. The van der Waals surface area contributed by atoms with Gasteiger partial charge in [-0.05, 0) is 0 Å². The number of rotatable bonds is 0. The Morgan fingerprint density at radius 2 is 2.40 bits per heavy atom. The van der Waals surface area contributed by atoms with E-state index < -0.39 is 0 Å². The van der Waals surface area contributed by atoms with Crippen LogP contribution in [-0.4, -0.2) is 22.9 Å². The molecule has 54 valence electrons. The number of carbonyl (C=O) groups excluding carboxylic acids is 2. The summed E-state index contributed by atoms with van der Waals surface area (Å²) in [6, 6.07) is 0. The quantitative estimate of drug-likeness (QED) is 0.364. The van der Waals surface area contributed by atoms with Gasteiger partial charge in [-0.25, -0.2) is 4.99 Å². The molecule has 1 rings (SSSR count). The number of β-lactam (4-membered cyclic amide) rings is 1. The topological polar surface area (TPSA) is 58.5 Å². The van der Waals surface area contributed by atoms with E-state index in [0.717, 1.165) is 0 Å². The van der Waals surface area contributed by atoms with Crippen LogP contribution in [0.3, 0.4) is 0 Å². The van der Waals surface area contributed by atoms with E-state index in [-0.39, 0.29) is 22.9 Å². The second-order valence-corrected chi connectivity index (χ2v) is 2.41. The van der Waals surface area contributed by atoms with Crippen molar-refractivity contribution in [2.45, 2.75) is 12.3 Å². The molecular formula is C5H6N2O2S. The molecule has 1 N–H and O–H groups in total. The fraction of sp³-hybridized carbons (Fsp3) is 0.400. The van der Waals surface area contributed by atoms with E-state index in [0.29, 0.717) is 0 Å². The van der Waals surface area contributed by atoms with Crippen molar-refractivity contribution in [1.29, 1.82) is 0 Å². The molecule has 0 aromatic carbocycles. The summed E-state index contributed by atoms with van der Waals surface area (Å²) < 4.78 is 0. The van der Waals surface area contributed by atoms with Crippen molar-refractivity contribution in [2.24, 2.45) is 4.99 Å². The molecule has 1 heterocycles. The summed E-state index contributed by atoms with van der Waals surface area (Å²) in [7, 11) is 0. The predicted molar refractivity (Wildman–Crippen MR) is 39.0 cm³/mol. The first kappa shape index (κ1) is 7.27. The van der Waals surface area contributed by atoms with Crippen LogP contribution in [0.5, 0.6) is 0 Å². The third-order valence-electron chi connectivity index (χ3n) is 1.04. The minimum Gasteiger partial charge on any atom is -0.334 e. The number of thiol groups is 1. The van der Waals surface area contributed by atoms with Crippen molar-refractivity contribution in [3.05, 3.63) is 0 Å². The summed E-state index contributed by atoms with van der Waals surface area (Å²) in [6.07, 6.45) is 0. The molecule has 5 heteroatoms. The second-order valence-electron chi connectivity index (χ2n) is 1.89. The highest BCUT2D eigenvalue weighted by Gasteiger charge is 2.31. The molecule has 1 aliphatic heterocycles. The van der Waals surface area contributed by atoms with E-state index >= 15 is 0 Å². The fourth-order valence-corrected chi connectivity index (χ4v) is 0.887. The van der Waals surface area contributed by atoms with Crippen molar-refractivity contribution < 1.29 is 9.59 Å². The van der Waals surface area contributed by atoms with Crippen LogP contribution in [0, 0.1) is 0 Å². The Bertz CT molecular complexity index is 224. The highest BCUT2D eigenvalue weighted by molar-refractivity contribution is 7.82. The predicted octanol–water partition coefficient (Wildman–Crippen LogP) is -0.640. The van der Waals surface area contributed by atoms with Gasteiger partial charge in [0.1, 0.15) is 11.1 Å². The van der Waals surface area contributed by atoms with Crippen LogP contribution >= 0.6 is 12.6 Å². The van der Waals surface area contributed by atoms with Gasteiger partial charge in [-0.15, -0.1) is 12.6 Å². The molecule has 0 aromatic rings. The lowest BCUT2D eigenvalue weighted by Crippen LogP contribution is -2.56. The normalized spacial score (nSPS) is 27.6. The fourth-order valence-electron chi connectivity index (χ4n) is 0.594. The number of carbonyl (C=O) groups is 2. The minimum atomic E-state index is -0.371. The first-order chi connectivity index (χ1) is 4.61. The van der Waals surface area contributed by atoms with Gasteiger partial charge >= 0.3 is 0 Å². The Morgan fingerprint density at radius 3 is 2.60 bits per heavy atom. The Kier molecular flexibility index (Phi) is 1.76. The van der Waals surface area contributed by atoms with E-state index in [1.807, 2.05) is 0 Å². The Labute approximate surface area is 63.1 Å². The molecule has 1 fully saturated rings. The van der Waals surface area contributed by atoms with Gasteiger partial charge in [-0.3, -0.25) is 9.59 Å². The van der Waals surface area contributed by atoms with Crippen LogP contribution in [0.15, 0.2) is 4.99 Å². The van der Waals surface area contributed by atoms with Gasteiger partial charge in [0.2, 0.25) is 5.91 Å². The zero-order valence-electron chi connectivity index (χ0n) is 5.29. The molecule has 10 heavy (non-hydrogen) atoms. The van der Waals surface area contributed by atoms with Crippen LogP contribution in [0.25, 0.3) is 0 Å². The van der Waals surface area contributed by atoms with Crippen LogP contribution in [0.1, 0.15) is 6.92 Å². The molecule has 2 amide bonds. The molecule has 1 saturated heterocycles. The molecule has 0 saturated carbocycles.